The van der Waals surface area contributed by atoms with Crippen LogP contribution in [0.25, 0.3) is 0 Å². The van der Waals surface area contributed by atoms with Crippen LogP contribution in [0.1, 0.15) is 21.5 Å². The highest BCUT2D eigenvalue weighted by molar-refractivity contribution is 5.98. The van der Waals surface area contributed by atoms with E-state index in [2.05, 4.69) is 4.98 Å². The fraction of sp³-hybridized carbons (Fsp3) is 0.143. The number of Topliss-reactive ketones (excluding diaryl/α,β-unsaturated/α-hetero) is 1. The van der Waals surface area contributed by atoms with Gasteiger partial charge in [0.2, 0.25) is 0 Å². The summed E-state index contributed by atoms with van der Waals surface area (Å²) in [5.74, 6) is 0.484. The molecule has 0 bridgehead atoms. The van der Waals surface area contributed by atoms with Gasteiger partial charge in [-0.25, -0.2) is 4.98 Å². The second-order valence-corrected chi connectivity index (χ2v) is 4.01. The van der Waals surface area contributed by atoms with Crippen molar-refractivity contribution in [2.45, 2.75) is 13.3 Å². The standard InChI is InChI=1S/C14H14N2O/c1-10-4-6-11(7-5-10)13(17)9-12-3-2-8-16-14(12)15/h2-8H,9H2,1H3,(H2,15,16). The van der Waals surface area contributed by atoms with Gasteiger partial charge in [0.1, 0.15) is 5.82 Å². The van der Waals surface area contributed by atoms with Crippen LogP contribution in [0.5, 0.6) is 0 Å². The smallest absolute Gasteiger partial charge is 0.167 e. The van der Waals surface area contributed by atoms with Crippen LogP contribution in [0.3, 0.4) is 0 Å². The van der Waals surface area contributed by atoms with Crippen LogP contribution in [0.4, 0.5) is 5.82 Å². The molecule has 0 fully saturated rings. The minimum atomic E-state index is 0.0599. The maximum absolute atomic E-state index is 12.0. The summed E-state index contributed by atoms with van der Waals surface area (Å²) in [6, 6.07) is 11.1. The van der Waals surface area contributed by atoms with Gasteiger partial charge >= 0.3 is 0 Å². The van der Waals surface area contributed by atoms with Crippen molar-refractivity contribution in [2.75, 3.05) is 5.73 Å². The van der Waals surface area contributed by atoms with Gasteiger partial charge in [-0.3, -0.25) is 4.79 Å². The highest BCUT2D eigenvalue weighted by Crippen LogP contribution is 2.12. The van der Waals surface area contributed by atoms with Gasteiger partial charge in [-0.2, -0.15) is 0 Å². The summed E-state index contributed by atoms with van der Waals surface area (Å²) in [4.78, 5) is 16.0. The highest BCUT2D eigenvalue weighted by atomic mass is 16.1. The van der Waals surface area contributed by atoms with Crippen molar-refractivity contribution in [1.29, 1.82) is 0 Å². The average Bonchev–Trinajstić information content (AvgIpc) is 2.33. The van der Waals surface area contributed by atoms with Crippen LogP contribution in [0.15, 0.2) is 42.6 Å². The van der Waals surface area contributed by atoms with E-state index in [1.807, 2.05) is 37.3 Å². The minimum absolute atomic E-state index is 0.0599. The zero-order valence-electron chi connectivity index (χ0n) is 9.68. The third kappa shape index (κ3) is 2.69. The molecule has 1 aromatic heterocycles. The van der Waals surface area contributed by atoms with Crippen molar-refractivity contribution < 1.29 is 4.79 Å². The summed E-state index contributed by atoms with van der Waals surface area (Å²) in [7, 11) is 0. The molecule has 86 valence electrons. The number of nitrogens with zero attached hydrogens (tertiary/aromatic N) is 1. The highest BCUT2D eigenvalue weighted by Gasteiger charge is 2.09. The molecule has 0 saturated carbocycles. The van der Waals surface area contributed by atoms with Gasteiger partial charge in [0.15, 0.2) is 5.78 Å². The summed E-state index contributed by atoms with van der Waals surface area (Å²) in [6.07, 6.45) is 1.91. The van der Waals surface area contributed by atoms with Crippen LogP contribution in [-0.4, -0.2) is 10.8 Å². The summed E-state index contributed by atoms with van der Waals surface area (Å²) < 4.78 is 0. The number of pyridine rings is 1. The molecule has 17 heavy (non-hydrogen) atoms. The molecule has 0 aliphatic carbocycles. The fourth-order valence-electron chi connectivity index (χ4n) is 1.61. The maximum atomic E-state index is 12.0. The van der Waals surface area contributed by atoms with Crippen molar-refractivity contribution >= 4 is 11.6 Å². The van der Waals surface area contributed by atoms with Crippen molar-refractivity contribution in [3.05, 3.63) is 59.3 Å². The number of aromatic nitrogens is 1. The van der Waals surface area contributed by atoms with E-state index in [1.165, 1.54) is 0 Å². The maximum Gasteiger partial charge on any atom is 0.167 e. The van der Waals surface area contributed by atoms with E-state index in [0.717, 1.165) is 11.1 Å². The van der Waals surface area contributed by atoms with E-state index in [1.54, 1.807) is 12.3 Å². The lowest BCUT2D eigenvalue weighted by Gasteiger charge is -2.04. The molecule has 0 unspecified atom stereocenters. The Labute approximate surface area is 100 Å². The van der Waals surface area contributed by atoms with Crippen LogP contribution >= 0.6 is 0 Å². The van der Waals surface area contributed by atoms with Crippen LogP contribution in [0, 0.1) is 6.92 Å². The van der Waals surface area contributed by atoms with Gasteiger partial charge < -0.3 is 5.73 Å². The molecular formula is C14H14N2O. The second kappa shape index (κ2) is 4.78. The molecule has 0 aliphatic heterocycles. The molecule has 0 radical (unpaired) electrons. The van der Waals surface area contributed by atoms with Crippen LogP contribution in [-0.2, 0) is 6.42 Å². The largest absolute Gasteiger partial charge is 0.383 e. The number of ketones is 1. The van der Waals surface area contributed by atoms with E-state index in [0.29, 0.717) is 17.8 Å². The molecule has 0 aliphatic rings. The quantitative estimate of drug-likeness (QED) is 0.817. The SMILES string of the molecule is Cc1ccc(C(=O)Cc2cccnc2N)cc1. The molecule has 1 aromatic carbocycles. The van der Waals surface area contributed by atoms with Gasteiger partial charge in [0.05, 0.1) is 0 Å². The molecule has 0 amide bonds. The van der Waals surface area contributed by atoms with Crippen LogP contribution < -0.4 is 5.73 Å². The Kier molecular flexibility index (Phi) is 3.19. The third-order valence-electron chi connectivity index (χ3n) is 2.65. The van der Waals surface area contributed by atoms with E-state index in [-0.39, 0.29) is 5.78 Å². The molecule has 2 rings (SSSR count). The molecule has 0 atom stereocenters. The first-order valence-corrected chi connectivity index (χ1v) is 5.46. The Balaban J connectivity index is 2.17. The monoisotopic (exact) mass is 226 g/mol. The van der Waals surface area contributed by atoms with Crippen LogP contribution in [0.2, 0.25) is 0 Å². The molecule has 3 heteroatoms. The number of nitrogens with two attached hydrogens (primary N) is 1. The van der Waals surface area contributed by atoms with Gasteiger partial charge in [0, 0.05) is 23.7 Å². The first-order chi connectivity index (χ1) is 8.16. The second-order valence-electron chi connectivity index (χ2n) is 4.01. The summed E-state index contributed by atoms with van der Waals surface area (Å²) in [5.41, 5.74) is 8.33. The number of benzene rings is 1. The summed E-state index contributed by atoms with van der Waals surface area (Å²) in [6.45, 7) is 1.99. The van der Waals surface area contributed by atoms with E-state index in [9.17, 15) is 4.79 Å². The normalized spacial score (nSPS) is 10.2. The lowest BCUT2D eigenvalue weighted by Crippen LogP contribution is -2.06. The first-order valence-electron chi connectivity index (χ1n) is 5.46. The average molecular weight is 226 g/mol. The van der Waals surface area contributed by atoms with Gasteiger partial charge in [-0.05, 0) is 13.0 Å². The zero-order chi connectivity index (χ0) is 12.3. The summed E-state index contributed by atoms with van der Waals surface area (Å²) >= 11 is 0. The number of nitrogen functional groups attached to an aromatic ring is 1. The first kappa shape index (κ1) is 11.3. The number of rotatable bonds is 3. The minimum Gasteiger partial charge on any atom is -0.383 e. The molecular weight excluding hydrogens is 212 g/mol. The Hall–Kier alpha value is -2.16. The number of hydrogen-bond acceptors (Lipinski definition) is 3. The Morgan fingerprint density at radius 3 is 2.59 bits per heavy atom. The van der Waals surface area contributed by atoms with Crippen molar-refractivity contribution in [2.24, 2.45) is 0 Å². The van der Waals surface area contributed by atoms with Gasteiger partial charge in [0.25, 0.3) is 0 Å². The zero-order valence-corrected chi connectivity index (χ0v) is 9.68. The molecule has 0 saturated heterocycles. The Morgan fingerprint density at radius 2 is 1.94 bits per heavy atom. The predicted octanol–water partition coefficient (Wildman–Crippen LogP) is 2.40. The number of carbonyl (C=O) groups is 1. The third-order valence-corrected chi connectivity index (χ3v) is 2.65. The molecule has 0 spiro atoms. The van der Waals surface area contributed by atoms with E-state index in [4.69, 9.17) is 5.73 Å². The van der Waals surface area contributed by atoms with Gasteiger partial charge in [-0.15, -0.1) is 0 Å². The lowest BCUT2D eigenvalue weighted by atomic mass is 10.0. The Morgan fingerprint density at radius 1 is 1.24 bits per heavy atom. The van der Waals surface area contributed by atoms with Crippen molar-refractivity contribution in [3.8, 4) is 0 Å². The number of hydrogen-bond donors (Lipinski definition) is 1. The topological polar surface area (TPSA) is 56.0 Å². The number of aryl methyl sites for hydroxylation is 1. The number of carbonyl (C=O) groups excluding carboxylic acids is 1. The predicted molar refractivity (Wildman–Crippen MR) is 67.9 cm³/mol. The van der Waals surface area contributed by atoms with Crippen molar-refractivity contribution in [1.82, 2.24) is 4.98 Å². The molecule has 1 heterocycles. The molecule has 2 aromatic rings. The summed E-state index contributed by atoms with van der Waals surface area (Å²) in [5, 5.41) is 0. The van der Waals surface area contributed by atoms with E-state index >= 15 is 0 Å². The molecule has 2 N–H and O–H groups in total. The lowest BCUT2D eigenvalue weighted by molar-refractivity contribution is 0.0993. The molecule has 3 nitrogen and oxygen atoms in total. The Bertz CT molecular complexity index is 532. The fourth-order valence-corrected chi connectivity index (χ4v) is 1.61. The van der Waals surface area contributed by atoms with E-state index < -0.39 is 0 Å². The van der Waals surface area contributed by atoms with Crippen molar-refractivity contribution in [3.63, 3.8) is 0 Å². The number of anilines is 1. The van der Waals surface area contributed by atoms with Gasteiger partial charge in [-0.1, -0.05) is 35.9 Å².